The summed E-state index contributed by atoms with van der Waals surface area (Å²) in [6.07, 6.45) is -2.24. The number of aliphatic hydroxyl groups excluding tert-OH is 1. The Morgan fingerprint density at radius 3 is 2.56 bits per heavy atom. The molecule has 0 bridgehead atoms. The molecule has 1 saturated carbocycles. The monoisotopic (exact) mass is 236 g/mol. The molecule has 0 heterocycles. The molecule has 0 radical (unpaired) electrons. The van der Waals surface area contributed by atoms with Gasteiger partial charge in [-0.3, -0.25) is 4.90 Å². The van der Waals surface area contributed by atoms with Gasteiger partial charge >= 0.3 is 6.18 Å². The first kappa shape index (κ1) is 13.3. The highest BCUT2D eigenvalue weighted by atomic mass is 19.4. The van der Waals surface area contributed by atoms with Crippen LogP contribution < -0.4 is 0 Å². The van der Waals surface area contributed by atoms with E-state index < -0.39 is 12.7 Å². The molecule has 1 rings (SSSR count). The maximum Gasteiger partial charge on any atom is 0.401 e. The maximum absolute atomic E-state index is 12.3. The molecule has 0 aliphatic heterocycles. The van der Waals surface area contributed by atoms with Crippen molar-refractivity contribution in [2.75, 3.05) is 19.7 Å². The van der Waals surface area contributed by atoms with Gasteiger partial charge in [0.15, 0.2) is 0 Å². The van der Waals surface area contributed by atoms with Crippen molar-refractivity contribution in [1.82, 2.24) is 4.90 Å². The molecule has 1 aliphatic rings. The standard InChI is InChI=1S/C10H15F3N2O/c11-10(12,13)7-15(4-5-16)9-3-1-2-8(9)6-14/h8-9,16H,1-5,7H2. The van der Waals surface area contributed by atoms with Crippen LogP contribution in [0.1, 0.15) is 19.3 Å². The minimum Gasteiger partial charge on any atom is -0.395 e. The molecule has 1 N–H and O–H groups in total. The fraction of sp³-hybridized carbons (Fsp3) is 0.900. The lowest BCUT2D eigenvalue weighted by Gasteiger charge is -2.30. The lowest BCUT2D eigenvalue weighted by atomic mass is 10.0. The van der Waals surface area contributed by atoms with Crippen LogP contribution in [-0.2, 0) is 0 Å². The van der Waals surface area contributed by atoms with Gasteiger partial charge in [-0.1, -0.05) is 6.42 Å². The number of hydrogen-bond acceptors (Lipinski definition) is 3. The molecule has 1 fully saturated rings. The third kappa shape index (κ3) is 3.65. The van der Waals surface area contributed by atoms with Crippen LogP contribution in [0.4, 0.5) is 13.2 Å². The second-order valence-electron chi connectivity index (χ2n) is 4.04. The van der Waals surface area contributed by atoms with E-state index in [0.29, 0.717) is 12.8 Å². The Morgan fingerprint density at radius 2 is 2.06 bits per heavy atom. The van der Waals surface area contributed by atoms with Gasteiger partial charge in [0.05, 0.1) is 25.1 Å². The van der Waals surface area contributed by atoms with Crippen molar-refractivity contribution in [1.29, 1.82) is 5.26 Å². The van der Waals surface area contributed by atoms with E-state index in [1.54, 1.807) is 0 Å². The Hall–Kier alpha value is -0.800. The van der Waals surface area contributed by atoms with Crippen LogP contribution in [0.15, 0.2) is 0 Å². The number of alkyl halides is 3. The highest BCUT2D eigenvalue weighted by molar-refractivity contribution is 4.97. The fourth-order valence-corrected chi connectivity index (χ4v) is 2.25. The van der Waals surface area contributed by atoms with E-state index >= 15 is 0 Å². The second-order valence-corrected chi connectivity index (χ2v) is 4.04. The number of hydrogen-bond donors (Lipinski definition) is 1. The molecule has 1 aliphatic carbocycles. The van der Waals surface area contributed by atoms with Gasteiger partial charge in [-0.25, -0.2) is 0 Å². The first-order valence-electron chi connectivity index (χ1n) is 5.29. The Balaban J connectivity index is 2.66. The lowest BCUT2D eigenvalue weighted by molar-refractivity contribution is -0.152. The van der Waals surface area contributed by atoms with Crippen molar-refractivity contribution in [3.63, 3.8) is 0 Å². The quantitative estimate of drug-likeness (QED) is 0.805. The normalized spacial score (nSPS) is 26.0. The first-order valence-corrected chi connectivity index (χ1v) is 5.29. The van der Waals surface area contributed by atoms with E-state index in [-0.39, 0.29) is 25.1 Å². The van der Waals surface area contributed by atoms with Crippen molar-refractivity contribution in [2.24, 2.45) is 5.92 Å². The van der Waals surface area contributed by atoms with Gasteiger partial charge in [0.1, 0.15) is 0 Å². The summed E-state index contributed by atoms with van der Waals surface area (Å²) >= 11 is 0. The Morgan fingerprint density at radius 1 is 1.38 bits per heavy atom. The molecule has 6 heteroatoms. The van der Waals surface area contributed by atoms with Gasteiger partial charge in [-0.2, -0.15) is 18.4 Å². The van der Waals surface area contributed by atoms with Crippen molar-refractivity contribution in [3.05, 3.63) is 0 Å². The molecule has 16 heavy (non-hydrogen) atoms. The van der Waals surface area contributed by atoms with E-state index in [1.165, 1.54) is 4.90 Å². The summed E-state index contributed by atoms with van der Waals surface area (Å²) in [5.74, 6) is -0.339. The molecular weight excluding hydrogens is 221 g/mol. The van der Waals surface area contributed by atoms with Gasteiger partial charge in [0, 0.05) is 12.6 Å². The van der Waals surface area contributed by atoms with Crippen LogP contribution in [0.25, 0.3) is 0 Å². The fourth-order valence-electron chi connectivity index (χ4n) is 2.25. The van der Waals surface area contributed by atoms with E-state index in [0.717, 1.165) is 6.42 Å². The van der Waals surface area contributed by atoms with Crippen molar-refractivity contribution in [3.8, 4) is 6.07 Å². The number of rotatable bonds is 4. The summed E-state index contributed by atoms with van der Waals surface area (Å²) in [5.41, 5.74) is 0. The lowest BCUT2D eigenvalue weighted by Crippen LogP contribution is -2.44. The molecular formula is C10H15F3N2O. The molecule has 0 aromatic heterocycles. The third-order valence-corrected chi connectivity index (χ3v) is 2.88. The van der Waals surface area contributed by atoms with E-state index in [4.69, 9.17) is 10.4 Å². The number of nitriles is 1. The van der Waals surface area contributed by atoms with Crippen LogP contribution in [-0.4, -0.2) is 41.9 Å². The Labute approximate surface area is 92.5 Å². The topological polar surface area (TPSA) is 47.3 Å². The Bertz CT molecular complexity index is 262. The molecule has 0 amide bonds. The molecule has 0 spiro atoms. The zero-order valence-electron chi connectivity index (χ0n) is 8.87. The second kappa shape index (κ2) is 5.51. The summed E-state index contributed by atoms with van der Waals surface area (Å²) in [4.78, 5) is 1.18. The molecule has 2 atom stereocenters. The van der Waals surface area contributed by atoms with Gasteiger partial charge in [-0.15, -0.1) is 0 Å². The maximum atomic E-state index is 12.3. The predicted molar refractivity (Wildman–Crippen MR) is 51.5 cm³/mol. The smallest absolute Gasteiger partial charge is 0.395 e. The van der Waals surface area contributed by atoms with E-state index in [9.17, 15) is 13.2 Å². The molecule has 92 valence electrons. The van der Waals surface area contributed by atoms with Crippen LogP contribution >= 0.6 is 0 Å². The van der Waals surface area contributed by atoms with Crippen molar-refractivity contribution in [2.45, 2.75) is 31.5 Å². The van der Waals surface area contributed by atoms with Gasteiger partial charge < -0.3 is 5.11 Å². The third-order valence-electron chi connectivity index (χ3n) is 2.88. The van der Waals surface area contributed by atoms with Gasteiger partial charge in [0.25, 0.3) is 0 Å². The minimum absolute atomic E-state index is 0.0254. The molecule has 0 saturated heterocycles. The number of aliphatic hydroxyl groups is 1. The van der Waals surface area contributed by atoms with Crippen LogP contribution in [0, 0.1) is 17.2 Å². The summed E-state index contributed by atoms with van der Waals surface area (Å²) in [6, 6.07) is 1.69. The zero-order valence-corrected chi connectivity index (χ0v) is 8.87. The predicted octanol–water partition coefficient (Wildman–Crippen LogP) is 1.54. The van der Waals surface area contributed by atoms with Gasteiger partial charge in [0.2, 0.25) is 0 Å². The van der Waals surface area contributed by atoms with E-state index in [2.05, 4.69) is 0 Å². The average molecular weight is 236 g/mol. The van der Waals surface area contributed by atoms with Crippen LogP contribution in [0.3, 0.4) is 0 Å². The van der Waals surface area contributed by atoms with E-state index in [1.807, 2.05) is 6.07 Å². The number of halogens is 3. The largest absolute Gasteiger partial charge is 0.401 e. The van der Waals surface area contributed by atoms with Crippen molar-refractivity contribution >= 4 is 0 Å². The summed E-state index contributed by atoms with van der Waals surface area (Å²) in [5, 5.41) is 17.6. The summed E-state index contributed by atoms with van der Waals surface area (Å²) in [7, 11) is 0. The minimum atomic E-state index is -4.28. The van der Waals surface area contributed by atoms with Crippen molar-refractivity contribution < 1.29 is 18.3 Å². The Kier molecular flexibility index (Phi) is 4.56. The number of nitrogens with zero attached hydrogens (tertiary/aromatic N) is 2. The molecule has 0 aromatic carbocycles. The summed E-state index contributed by atoms with van der Waals surface area (Å²) in [6.45, 7) is -1.39. The molecule has 0 aromatic rings. The zero-order chi connectivity index (χ0) is 12.2. The van der Waals surface area contributed by atoms with Gasteiger partial charge in [-0.05, 0) is 12.8 Å². The first-order chi connectivity index (χ1) is 7.48. The highest BCUT2D eigenvalue weighted by Gasteiger charge is 2.38. The SMILES string of the molecule is N#CC1CCCC1N(CCO)CC(F)(F)F. The molecule has 2 unspecified atom stereocenters. The van der Waals surface area contributed by atoms with Crippen LogP contribution in [0.5, 0.6) is 0 Å². The summed E-state index contributed by atoms with van der Waals surface area (Å²) < 4.78 is 36.9. The average Bonchev–Trinajstić information content (AvgIpc) is 2.62. The van der Waals surface area contributed by atoms with Crippen LogP contribution in [0.2, 0.25) is 0 Å². The highest BCUT2D eigenvalue weighted by Crippen LogP contribution is 2.31. The molecule has 3 nitrogen and oxygen atoms in total.